The molecule has 21 heteroatoms. The molecule has 0 aromatic heterocycles. The Balaban J connectivity index is 1.07. The van der Waals surface area contributed by atoms with Crippen molar-refractivity contribution in [2.24, 2.45) is 11.8 Å². The highest BCUT2D eigenvalue weighted by Crippen LogP contribution is 2.41. The lowest BCUT2D eigenvalue weighted by atomic mass is 9.76. The van der Waals surface area contributed by atoms with Crippen molar-refractivity contribution in [1.82, 2.24) is 4.90 Å². The highest BCUT2D eigenvalue weighted by Gasteiger charge is 2.54. The number of fused-ring (bicyclic) bond motifs is 1. The second-order valence-electron chi connectivity index (χ2n) is 20.0. The lowest BCUT2D eigenvalue weighted by Gasteiger charge is -2.49. The first-order valence-corrected chi connectivity index (χ1v) is 25.8. The van der Waals surface area contributed by atoms with E-state index in [1.807, 2.05) is 38.1 Å². The van der Waals surface area contributed by atoms with Gasteiger partial charge in [-0.15, -0.1) is 0 Å². The molecule has 2 aromatic rings. The van der Waals surface area contributed by atoms with E-state index in [1.54, 1.807) is 29.2 Å². The molecule has 0 bridgehead atoms. The summed E-state index contributed by atoms with van der Waals surface area (Å²) in [6, 6.07) is 15.4. The number of para-hydroxylation sites is 1. The number of aliphatic hydroxyl groups excluding tert-OH is 8. The predicted octanol–water partition coefficient (Wildman–Crippen LogP) is 0.941. The Labute approximate surface area is 430 Å². The molecule has 1 aliphatic carbocycles. The summed E-state index contributed by atoms with van der Waals surface area (Å²) in [4.78, 5) is 29.4. The highest BCUT2D eigenvalue weighted by atomic mass is 16.8. The van der Waals surface area contributed by atoms with E-state index in [2.05, 4.69) is 6.58 Å². The third kappa shape index (κ3) is 12.6. The fourth-order valence-corrected chi connectivity index (χ4v) is 10.5. The van der Waals surface area contributed by atoms with Gasteiger partial charge in [0.1, 0.15) is 78.7 Å². The predicted molar refractivity (Wildman–Crippen MR) is 258 cm³/mol. The molecule has 0 radical (unpaired) electrons. The normalized spacial score (nSPS) is 37.7. The molecular formula is C53H73NO20. The maximum Gasteiger partial charge on any atom is 0.338 e. The summed E-state index contributed by atoms with van der Waals surface area (Å²) in [5.74, 6) is -1.05. The third-order valence-corrected chi connectivity index (χ3v) is 14.9. The van der Waals surface area contributed by atoms with Crippen LogP contribution < -0.4 is 4.74 Å². The topological polar surface area (TPSA) is 292 Å². The monoisotopic (exact) mass is 1040 g/mol. The number of nitrogens with zero attached hydrogens (tertiary/aromatic N) is 1. The van der Waals surface area contributed by atoms with Gasteiger partial charge < -0.3 is 93.1 Å². The number of carbonyl (C=O) groups is 2. The number of hydrogen-bond donors (Lipinski definition) is 8. The zero-order valence-corrected chi connectivity index (χ0v) is 41.9. The van der Waals surface area contributed by atoms with Gasteiger partial charge >= 0.3 is 5.97 Å². The zero-order valence-electron chi connectivity index (χ0n) is 41.9. The van der Waals surface area contributed by atoms with Crippen molar-refractivity contribution in [3.63, 3.8) is 0 Å². The second kappa shape index (κ2) is 25.4. The highest BCUT2D eigenvalue weighted by molar-refractivity contribution is 5.89. The number of aliphatic hydroxyl groups is 8. The minimum atomic E-state index is -1.69. The lowest BCUT2D eigenvalue weighted by Crippen LogP contribution is -2.64. The Kier molecular flexibility index (Phi) is 19.3. The fraction of sp³-hybridized carbons (Fsp3) is 0.660. The van der Waals surface area contributed by atoms with E-state index in [9.17, 15) is 50.4 Å². The van der Waals surface area contributed by atoms with Crippen molar-refractivity contribution in [2.45, 2.75) is 170 Å². The molecule has 74 heavy (non-hydrogen) atoms. The van der Waals surface area contributed by atoms with Crippen LogP contribution in [0.2, 0.25) is 0 Å². The number of esters is 1. The van der Waals surface area contributed by atoms with Crippen molar-refractivity contribution in [3.8, 4) is 5.75 Å². The van der Waals surface area contributed by atoms with Crippen LogP contribution >= 0.6 is 0 Å². The molecule has 5 fully saturated rings. The van der Waals surface area contributed by atoms with Crippen LogP contribution in [0.25, 0.3) is 6.08 Å². The molecule has 9 unspecified atom stereocenters. The van der Waals surface area contributed by atoms with Crippen LogP contribution in [0.15, 0.2) is 72.5 Å². The smallest absolute Gasteiger partial charge is 0.338 e. The fourth-order valence-electron chi connectivity index (χ4n) is 10.5. The average molecular weight is 1040 g/mol. The van der Waals surface area contributed by atoms with Crippen LogP contribution in [0.4, 0.5) is 0 Å². The first kappa shape index (κ1) is 56.2. The maximum atomic E-state index is 14.0. The Morgan fingerprint density at radius 2 is 1.43 bits per heavy atom. The summed E-state index contributed by atoms with van der Waals surface area (Å²) < 4.78 is 62.5. The number of rotatable bonds is 20. The molecular weight excluding hydrogens is 971 g/mol. The minimum Gasteiger partial charge on any atom is -0.457 e. The van der Waals surface area contributed by atoms with Gasteiger partial charge in [0.2, 0.25) is 0 Å². The van der Waals surface area contributed by atoms with Crippen LogP contribution in [0.5, 0.6) is 5.75 Å². The molecule has 0 spiro atoms. The SMILES string of the molecule is C=C1Oc2ccccc2C=C1COC1C(O)[C@@H](OCC2CC(CC)[C@@H](O[C@@H]3OC(C)[C@@H](O)[C@H](O)C3O)[C@H](O[C@@H]3O[C@@H](CO)[C@H](O)C(O[C@@H](CCC)C(=O)N4CCC4)C3OC(=O)c3ccccc3)C2)OC(CO)[C@H]1O. The van der Waals surface area contributed by atoms with Crippen molar-refractivity contribution in [1.29, 1.82) is 0 Å². The van der Waals surface area contributed by atoms with Gasteiger partial charge in [0.25, 0.3) is 5.91 Å². The summed E-state index contributed by atoms with van der Waals surface area (Å²) in [5, 5.41) is 88.3. The van der Waals surface area contributed by atoms with Gasteiger partial charge in [0, 0.05) is 24.2 Å². The van der Waals surface area contributed by atoms with Crippen molar-refractivity contribution in [3.05, 3.63) is 83.6 Å². The molecule has 5 heterocycles. The number of carbonyl (C=O) groups excluding carboxylic acids is 2. The number of hydrogen-bond acceptors (Lipinski definition) is 20. The summed E-state index contributed by atoms with van der Waals surface area (Å²) >= 11 is 0. The molecule has 8 rings (SSSR count). The van der Waals surface area contributed by atoms with Gasteiger partial charge in [-0.1, -0.05) is 69.7 Å². The molecule has 1 saturated carbocycles. The quantitative estimate of drug-likeness (QED) is 0.0857. The maximum absolute atomic E-state index is 14.0. The first-order chi connectivity index (χ1) is 35.6. The molecule has 1 amide bonds. The van der Waals surface area contributed by atoms with E-state index in [1.165, 1.54) is 19.1 Å². The van der Waals surface area contributed by atoms with E-state index in [0.29, 0.717) is 49.4 Å². The standard InChI is InChI=1S/C53H73NO20/c1-5-13-35(49(63)54-18-12-19-54)69-47-41(59)38(24-56)72-53(48(47)73-50(64)31-14-8-7-9-15-31)70-36-21-29(20-30(6-2)45(36)74-52-43(61)42(60)39(57)28(4)68-52)25-66-51-44(62)46(40(58)37(23-55)71-51)65-26-33-22-32-16-10-11-17-34(32)67-27(33)3/h7-11,14-17,22,28-30,35-48,51-53,55-62H,3,5-6,12-13,18-21,23-26H2,1-2,4H3/t28?,29?,30?,35-,36+,37?,38-,39+,40+,41-,42-,43?,44?,45+,46?,47?,48?,51-,52-,53+/m0/s1. The molecule has 8 N–H and O–H groups in total. The lowest BCUT2D eigenvalue weighted by molar-refractivity contribution is -0.351. The average Bonchev–Trinajstić information content (AvgIpc) is 3.38. The van der Waals surface area contributed by atoms with E-state index < -0.39 is 141 Å². The van der Waals surface area contributed by atoms with Gasteiger partial charge in [-0.3, -0.25) is 4.79 Å². The third-order valence-electron chi connectivity index (χ3n) is 14.9. The molecule has 2 aromatic carbocycles. The Bertz CT molecular complexity index is 2200. The van der Waals surface area contributed by atoms with Crippen LogP contribution in [0.3, 0.4) is 0 Å². The minimum absolute atomic E-state index is 0.0836. The van der Waals surface area contributed by atoms with E-state index in [4.69, 9.17) is 47.4 Å². The molecule has 6 aliphatic rings. The van der Waals surface area contributed by atoms with Crippen molar-refractivity contribution < 1.29 is 97.8 Å². The van der Waals surface area contributed by atoms with Crippen molar-refractivity contribution >= 4 is 18.0 Å². The van der Waals surface area contributed by atoms with Gasteiger partial charge in [-0.25, -0.2) is 4.79 Å². The number of amides is 1. The van der Waals surface area contributed by atoms with Gasteiger partial charge in [0.05, 0.1) is 50.3 Å². The van der Waals surface area contributed by atoms with E-state index >= 15 is 0 Å². The van der Waals surface area contributed by atoms with Crippen LogP contribution in [0, 0.1) is 11.8 Å². The van der Waals surface area contributed by atoms with Crippen LogP contribution in [-0.4, -0.2) is 208 Å². The number of likely N-dealkylation sites (tertiary alicyclic amines) is 1. The second-order valence-corrected chi connectivity index (χ2v) is 20.0. The van der Waals surface area contributed by atoms with Gasteiger partial charge in [0.15, 0.2) is 25.0 Å². The zero-order chi connectivity index (χ0) is 52.8. The van der Waals surface area contributed by atoms with Gasteiger partial charge in [-0.2, -0.15) is 0 Å². The summed E-state index contributed by atoms with van der Waals surface area (Å²) in [6.45, 7) is 8.77. The first-order valence-electron chi connectivity index (χ1n) is 25.8. The Morgan fingerprint density at radius 3 is 2.11 bits per heavy atom. The summed E-state index contributed by atoms with van der Waals surface area (Å²) in [7, 11) is 0. The van der Waals surface area contributed by atoms with Crippen molar-refractivity contribution in [2.75, 3.05) is 39.5 Å². The molecule has 20 atom stereocenters. The Morgan fingerprint density at radius 1 is 0.743 bits per heavy atom. The summed E-state index contributed by atoms with van der Waals surface area (Å²) in [6.07, 6.45) is -20.5. The molecule has 4 saturated heterocycles. The largest absolute Gasteiger partial charge is 0.457 e. The number of ether oxygens (including phenoxy) is 10. The van der Waals surface area contributed by atoms with E-state index in [0.717, 1.165) is 12.0 Å². The van der Waals surface area contributed by atoms with E-state index in [-0.39, 0.29) is 37.5 Å². The van der Waals surface area contributed by atoms with Crippen LogP contribution in [0.1, 0.15) is 75.2 Å². The number of benzene rings is 2. The van der Waals surface area contributed by atoms with Gasteiger partial charge in [-0.05, 0) is 68.7 Å². The molecule has 21 nitrogen and oxygen atoms in total. The Hall–Kier alpha value is -3.98. The summed E-state index contributed by atoms with van der Waals surface area (Å²) in [5.41, 5.74) is 1.50. The molecule has 5 aliphatic heterocycles. The van der Waals surface area contributed by atoms with Crippen LogP contribution in [-0.2, 0) is 47.4 Å². The molecule has 410 valence electrons.